The van der Waals surface area contributed by atoms with Gasteiger partial charge in [-0.25, -0.2) is 14.8 Å². The largest absolute Gasteiger partial charge is 0.495 e. The lowest BCUT2D eigenvalue weighted by atomic mass is 10.1. The highest BCUT2D eigenvalue weighted by Gasteiger charge is 2.32. The van der Waals surface area contributed by atoms with Crippen molar-refractivity contribution in [3.63, 3.8) is 0 Å². The molecule has 0 unspecified atom stereocenters. The Labute approximate surface area is 286 Å². The van der Waals surface area contributed by atoms with Crippen LogP contribution in [0.25, 0.3) is 0 Å². The summed E-state index contributed by atoms with van der Waals surface area (Å²) in [5.41, 5.74) is 2.36. The number of ether oxygens (including phenoxy) is 3. The number of carbonyl (C=O) groups excluding carboxylic acids is 1. The number of non-ortho nitro benzene ring substituents is 1. The molecule has 0 radical (unpaired) electrons. The highest BCUT2D eigenvalue weighted by atomic mass is 35.5. The van der Waals surface area contributed by atoms with Crippen LogP contribution in [0, 0.1) is 10.1 Å². The summed E-state index contributed by atoms with van der Waals surface area (Å²) >= 11 is 13.1. The molecule has 1 fully saturated rings. The zero-order valence-electron chi connectivity index (χ0n) is 26.3. The molecule has 1 aromatic heterocycles. The number of nitro benzene ring substituents is 1. The number of fused-ring (bicyclic) bond motifs is 3. The summed E-state index contributed by atoms with van der Waals surface area (Å²) in [7, 11) is 4.97. The van der Waals surface area contributed by atoms with Gasteiger partial charge in [-0.15, -0.1) is 0 Å². The van der Waals surface area contributed by atoms with Gasteiger partial charge in [0.1, 0.15) is 51.9 Å². The smallest absolute Gasteiger partial charge is 0.327 e. The fourth-order valence-electron chi connectivity index (χ4n) is 5.64. The van der Waals surface area contributed by atoms with Gasteiger partial charge in [-0.3, -0.25) is 15.0 Å². The molecule has 2 aliphatic rings. The van der Waals surface area contributed by atoms with Crippen LogP contribution in [0.2, 0.25) is 10.0 Å². The third kappa shape index (κ3) is 6.81. The number of hydrogen-bond acceptors (Lipinski definition) is 11. The molecule has 0 saturated carbocycles. The summed E-state index contributed by atoms with van der Waals surface area (Å²) < 4.78 is 16.8. The monoisotopic (exact) mass is 694 g/mol. The molecule has 0 aliphatic carbocycles. The number of likely N-dealkylation sites (N-methyl/N-ethyl adjacent to an activating group) is 1. The summed E-state index contributed by atoms with van der Waals surface area (Å²) in [4.78, 5) is 39.5. The minimum Gasteiger partial charge on any atom is -0.495 e. The van der Waals surface area contributed by atoms with Gasteiger partial charge in [0, 0.05) is 55.7 Å². The lowest BCUT2D eigenvalue weighted by Crippen LogP contribution is -2.56. The summed E-state index contributed by atoms with van der Waals surface area (Å²) in [6.45, 7) is 3.42. The van der Waals surface area contributed by atoms with Crippen molar-refractivity contribution in [2.24, 2.45) is 0 Å². The highest BCUT2D eigenvalue weighted by Crippen LogP contribution is 2.44. The Morgan fingerprint density at radius 2 is 1.79 bits per heavy atom. The number of aromatic nitrogens is 2. The van der Waals surface area contributed by atoms with E-state index in [1.807, 2.05) is 18.2 Å². The number of carbonyl (C=O) groups is 1. The van der Waals surface area contributed by atoms with E-state index in [1.165, 1.54) is 43.6 Å². The topological polar surface area (TPSA) is 147 Å². The number of halogens is 2. The van der Waals surface area contributed by atoms with Gasteiger partial charge < -0.3 is 34.6 Å². The number of nitro groups is 1. The van der Waals surface area contributed by atoms with E-state index in [4.69, 9.17) is 37.4 Å². The number of piperazine rings is 1. The number of hydrogen-bond donors (Lipinski definition) is 2. The first-order valence-corrected chi connectivity index (χ1v) is 15.6. The van der Waals surface area contributed by atoms with E-state index < -0.39 is 11.0 Å². The first kappa shape index (κ1) is 32.9. The van der Waals surface area contributed by atoms with E-state index in [2.05, 4.69) is 37.4 Å². The summed E-state index contributed by atoms with van der Waals surface area (Å²) in [5, 5.41) is 17.4. The first-order chi connectivity index (χ1) is 23.1. The number of benzene rings is 3. The first-order valence-electron chi connectivity index (χ1n) is 14.9. The third-order valence-electron chi connectivity index (χ3n) is 8.13. The molecule has 1 atom stereocenters. The molecule has 6 rings (SSSR count). The second-order valence-electron chi connectivity index (χ2n) is 11.2. The van der Waals surface area contributed by atoms with Gasteiger partial charge in [0.05, 0.1) is 43.1 Å². The predicted octanol–water partition coefficient (Wildman–Crippen LogP) is 6.20. The molecule has 2 aliphatic heterocycles. The van der Waals surface area contributed by atoms with E-state index in [9.17, 15) is 14.9 Å². The number of nitrogens with one attached hydrogen (secondary N) is 2. The average molecular weight is 696 g/mol. The van der Waals surface area contributed by atoms with Crippen LogP contribution in [0.15, 0.2) is 60.9 Å². The molecule has 16 heteroatoms. The summed E-state index contributed by atoms with van der Waals surface area (Å²) in [5.74, 6) is 1.88. The van der Waals surface area contributed by atoms with Gasteiger partial charge in [-0.1, -0.05) is 35.3 Å². The zero-order valence-corrected chi connectivity index (χ0v) is 27.8. The van der Waals surface area contributed by atoms with Crippen LogP contribution in [0.4, 0.5) is 39.2 Å². The van der Waals surface area contributed by atoms with Gasteiger partial charge in [-0.2, -0.15) is 0 Å². The molecule has 1 saturated heterocycles. The molecule has 4 aromatic rings. The number of urea groups is 1. The summed E-state index contributed by atoms with van der Waals surface area (Å²) in [6.07, 6.45) is 1.33. The molecule has 3 heterocycles. The van der Waals surface area contributed by atoms with Crippen LogP contribution in [0.5, 0.6) is 17.2 Å². The lowest BCUT2D eigenvalue weighted by molar-refractivity contribution is -0.384. The van der Waals surface area contributed by atoms with Gasteiger partial charge >= 0.3 is 6.03 Å². The van der Waals surface area contributed by atoms with Crippen molar-refractivity contribution >= 4 is 63.6 Å². The van der Waals surface area contributed by atoms with Crippen molar-refractivity contribution in [2.75, 3.05) is 67.9 Å². The zero-order chi connectivity index (χ0) is 33.9. The minimum atomic E-state index is -0.652. The highest BCUT2D eigenvalue weighted by molar-refractivity contribution is 6.41. The Morgan fingerprint density at radius 1 is 1.06 bits per heavy atom. The number of amides is 2. The van der Waals surface area contributed by atoms with Gasteiger partial charge in [0.25, 0.3) is 5.69 Å². The molecule has 2 N–H and O–H groups in total. The van der Waals surface area contributed by atoms with Crippen molar-refractivity contribution in [3.05, 3.63) is 86.6 Å². The van der Waals surface area contributed by atoms with Crippen LogP contribution in [-0.2, 0) is 6.54 Å². The van der Waals surface area contributed by atoms with Crippen LogP contribution in [0.3, 0.4) is 0 Å². The fraction of sp³-hybridized carbons (Fsp3) is 0.281. The van der Waals surface area contributed by atoms with Crippen molar-refractivity contribution in [2.45, 2.75) is 12.6 Å². The van der Waals surface area contributed by atoms with Crippen LogP contribution < -0.4 is 34.6 Å². The standard InChI is InChI=1S/C32H32Cl2N8O6/c1-39-10-11-40-22(16-39)17-48-24-12-20(6-9-23(24)40)37-27-14-28(36-18-35-27)41(15-19-4-7-21(8-5-19)42(44)45)32(43)38-31-29(33)25(46-2)13-26(47-3)30(31)34/h4-9,12-14,18,22H,10-11,15-17H2,1-3H3,(H,38,43)(H,35,36,37)/t22-/m0/s1. The molecular formula is C32H32Cl2N8O6. The SMILES string of the molecule is COc1cc(OC)c(Cl)c(NC(=O)N(Cc2ccc([N+](=O)[O-])cc2)c2cc(Nc3ccc4c(c3)OC[C@@H]3CN(C)CCN43)ncn2)c1Cl. The molecule has 3 aromatic carbocycles. The molecule has 0 bridgehead atoms. The van der Waals surface area contributed by atoms with Gasteiger partial charge in [0.2, 0.25) is 0 Å². The van der Waals surface area contributed by atoms with E-state index >= 15 is 0 Å². The average Bonchev–Trinajstić information content (AvgIpc) is 3.09. The maximum atomic E-state index is 14.0. The number of rotatable bonds is 9. The van der Waals surface area contributed by atoms with E-state index in [-0.39, 0.29) is 45.3 Å². The fourth-order valence-corrected chi connectivity index (χ4v) is 6.24. The Kier molecular flexibility index (Phi) is 9.57. The Bertz CT molecular complexity index is 1820. The normalized spacial score (nSPS) is 15.4. The molecule has 48 heavy (non-hydrogen) atoms. The van der Waals surface area contributed by atoms with Crippen molar-refractivity contribution < 1.29 is 23.9 Å². The molecule has 2 amide bonds. The number of anilines is 5. The minimum absolute atomic E-state index is 0.0184. The maximum absolute atomic E-state index is 14.0. The second kappa shape index (κ2) is 14.0. The molecular weight excluding hydrogens is 663 g/mol. The Balaban J connectivity index is 1.29. The predicted molar refractivity (Wildman–Crippen MR) is 184 cm³/mol. The van der Waals surface area contributed by atoms with E-state index in [0.29, 0.717) is 24.0 Å². The van der Waals surface area contributed by atoms with E-state index in [0.717, 1.165) is 36.8 Å². The number of methoxy groups -OCH3 is 2. The molecule has 250 valence electrons. The van der Waals surface area contributed by atoms with Crippen molar-refractivity contribution in [1.82, 2.24) is 14.9 Å². The quantitative estimate of drug-likeness (QED) is 0.152. The maximum Gasteiger partial charge on any atom is 0.327 e. The number of nitrogens with zero attached hydrogens (tertiary/aromatic N) is 6. The van der Waals surface area contributed by atoms with Gasteiger partial charge in [-0.05, 0) is 24.7 Å². The Morgan fingerprint density at radius 3 is 2.48 bits per heavy atom. The van der Waals surface area contributed by atoms with Crippen LogP contribution in [-0.4, -0.2) is 79.4 Å². The van der Waals surface area contributed by atoms with Crippen molar-refractivity contribution in [3.8, 4) is 17.2 Å². The van der Waals surface area contributed by atoms with Gasteiger partial charge in [0.15, 0.2) is 0 Å². The third-order valence-corrected chi connectivity index (χ3v) is 8.88. The second-order valence-corrected chi connectivity index (χ2v) is 12.0. The Hall–Kier alpha value is -5.05. The summed E-state index contributed by atoms with van der Waals surface area (Å²) in [6, 6.07) is 14.5. The van der Waals surface area contributed by atoms with Crippen LogP contribution in [0.1, 0.15) is 5.56 Å². The molecule has 0 spiro atoms. The lowest BCUT2D eigenvalue weighted by Gasteiger charge is -2.44. The van der Waals surface area contributed by atoms with Crippen LogP contribution >= 0.6 is 23.2 Å². The van der Waals surface area contributed by atoms with Crippen molar-refractivity contribution in [1.29, 1.82) is 0 Å². The molecule has 14 nitrogen and oxygen atoms in total. The van der Waals surface area contributed by atoms with E-state index in [1.54, 1.807) is 18.2 Å².